The summed E-state index contributed by atoms with van der Waals surface area (Å²) >= 11 is 0. The van der Waals surface area contributed by atoms with Crippen molar-refractivity contribution < 1.29 is 4.74 Å². The number of nitrogens with zero attached hydrogens (tertiary/aromatic N) is 3. The van der Waals surface area contributed by atoms with Crippen LogP contribution in [0.5, 0.6) is 5.88 Å². The van der Waals surface area contributed by atoms with E-state index in [2.05, 4.69) is 21.5 Å². The molecule has 0 aliphatic rings. The predicted molar refractivity (Wildman–Crippen MR) is 51.9 cm³/mol. The molecule has 0 aliphatic heterocycles. The number of nitrogens with one attached hydrogen (secondary N) is 1. The van der Waals surface area contributed by atoms with Gasteiger partial charge in [0.15, 0.2) is 0 Å². The number of aromatic amines is 1. The molecule has 2 rings (SSSR count). The van der Waals surface area contributed by atoms with Crippen molar-refractivity contribution in [2.45, 2.75) is 6.61 Å². The summed E-state index contributed by atoms with van der Waals surface area (Å²) in [6.07, 6.45) is 1.50. The zero-order valence-corrected chi connectivity index (χ0v) is 7.84. The van der Waals surface area contributed by atoms with Crippen molar-refractivity contribution in [1.29, 1.82) is 5.26 Å². The molecule has 5 nitrogen and oxygen atoms in total. The number of aromatic nitrogens is 3. The largest absolute Gasteiger partial charge is 0.471 e. The van der Waals surface area contributed by atoms with Gasteiger partial charge in [-0.2, -0.15) is 15.6 Å². The average Bonchev–Trinajstić information content (AvgIpc) is 2.80. The van der Waals surface area contributed by atoms with E-state index in [4.69, 9.17) is 10.00 Å². The molecule has 1 heterocycles. The van der Waals surface area contributed by atoms with Crippen LogP contribution in [0.3, 0.4) is 0 Å². The lowest BCUT2D eigenvalue weighted by Gasteiger charge is -2.01. The van der Waals surface area contributed by atoms with Gasteiger partial charge in [-0.25, -0.2) is 0 Å². The van der Waals surface area contributed by atoms with Crippen molar-refractivity contribution in [2.75, 3.05) is 0 Å². The molecule has 0 atom stereocenters. The second kappa shape index (κ2) is 4.24. The van der Waals surface area contributed by atoms with Gasteiger partial charge in [0.25, 0.3) is 5.88 Å². The van der Waals surface area contributed by atoms with Crippen LogP contribution in [0.1, 0.15) is 11.1 Å². The van der Waals surface area contributed by atoms with Crippen molar-refractivity contribution in [1.82, 2.24) is 15.4 Å². The van der Waals surface area contributed by atoms with Gasteiger partial charge in [-0.05, 0) is 17.7 Å². The SMILES string of the molecule is N#Cc1ccc(COc2cn[nH]n2)cc1. The lowest BCUT2D eigenvalue weighted by molar-refractivity contribution is 0.293. The summed E-state index contributed by atoms with van der Waals surface area (Å²) in [6, 6.07) is 9.25. The predicted octanol–water partition coefficient (Wildman–Crippen LogP) is 1.26. The van der Waals surface area contributed by atoms with E-state index in [1.165, 1.54) is 6.20 Å². The summed E-state index contributed by atoms with van der Waals surface area (Å²) < 4.78 is 5.32. The molecule has 0 spiro atoms. The van der Waals surface area contributed by atoms with Gasteiger partial charge in [0, 0.05) is 0 Å². The second-order valence-electron chi connectivity index (χ2n) is 2.91. The van der Waals surface area contributed by atoms with Gasteiger partial charge in [0.2, 0.25) is 0 Å². The van der Waals surface area contributed by atoms with Crippen LogP contribution in [0.4, 0.5) is 0 Å². The Bertz CT molecular complexity index is 455. The van der Waals surface area contributed by atoms with E-state index >= 15 is 0 Å². The molecule has 0 radical (unpaired) electrons. The molecule has 0 fully saturated rings. The van der Waals surface area contributed by atoms with Crippen molar-refractivity contribution >= 4 is 0 Å². The summed E-state index contributed by atoms with van der Waals surface area (Å²) in [6.45, 7) is 0.415. The standard InChI is InChI=1S/C10H8N4O/c11-5-8-1-3-9(4-2-8)7-15-10-6-12-14-13-10/h1-4,6H,7H2,(H,12,13,14). The van der Waals surface area contributed by atoms with Gasteiger partial charge >= 0.3 is 0 Å². The number of H-pyrrole nitrogens is 1. The fraction of sp³-hybridized carbons (Fsp3) is 0.100. The molecule has 1 N–H and O–H groups in total. The van der Waals surface area contributed by atoms with Crippen LogP contribution < -0.4 is 4.74 Å². The summed E-state index contributed by atoms with van der Waals surface area (Å²) in [5, 5.41) is 18.4. The summed E-state index contributed by atoms with van der Waals surface area (Å²) in [5.41, 5.74) is 1.62. The third-order valence-electron chi connectivity index (χ3n) is 1.86. The first-order chi connectivity index (χ1) is 7.38. The number of nitriles is 1. The molecule has 0 saturated carbocycles. The van der Waals surface area contributed by atoms with Crippen molar-refractivity contribution in [3.63, 3.8) is 0 Å². The third-order valence-corrected chi connectivity index (χ3v) is 1.86. The highest BCUT2D eigenvalue weighted by molar-refractivity contribution is 5.31. The van der Waals surface area contributed by atoms with E-state index in [0.29, 0.717) is 18.1 Å². The van der Waals surface area contributed by atoms with Crippen LogP contribution in [-0.4, -0.2) is 15.4 Å². The summed E-state index contributed by atoms with van der Waals surface area (Å²) in [5.74, 6) is 0.458. The van der Waals surface area contributed by atoms with Crippen LogP contribution >= 0.6 is 0 Å². The maximum atomic E-state index is 8.60. The van der Waals surface area contributed by atoms with Crippen LogP contribution in [0, 0.1) is 11.3 Å². The number of benzene rings is 1. The maximum Gasteiger partial charge on any atom is 0.253 e. The third kappa shape index (κ3) is 2.31. The Morgan fingerprint density at radius 3 is 2.73 bits per heavy atom. The van der Waals surface area contributed by atoms with E-state index in [1.54, 1.807) is 12.1 Å². The molecule has 0 saturated heterocycles. The molecule has 5 heteroatoms. The molecule has 0 unspecified atom stereocenters. The number of rotatable bonds is 3. The van der Waals surface area contributed by atoms with E-state index in [0.717, 1.165) is 5.56 Å². The lowest BCUT2D eigenvalue weighted by atomic mass is 10.2. The molecule has 0 bridgehead atoms. The zero-order valence-electron chi connectivity index (χ0n) is 7.84. The fourth-order valence-electron chi connectivity index (χ4n) is 1.09. The van der Waals surface area contributed by atoms with Gasteiger partial charge in [0.1, 0.15) is 12.8 Å². The van der Waals surface area contributed by atoms with Crippen molar-refractivity contribution in [3.05, 3.63) is 41.6 Å². The van der Waals surface area contributed by atoms with E-state index < -0.39 is 0 Å². The van der Waals surface area contributed by atoms with Gasteiger partial charge < -0.3 is 4.74 Å². The Hall–Kier alpha value is -2.35. The molecular weight excluding hydrogens is 192 g/mol. The van der Waals surface area contributed by atoms with Crippen LogP contribution in [0.2, 0.25) is 0 Å². The van der Waals surface area contributed by atoms with Crippen molar-refractivity contribution in [2.24, 2.45) is 0 Å². The summed E-state index contributed by atoms with van der Waals surface area (Å²) in [7, 11) is 0. The minimum atomic E-state index is 0.415. The molecular formula is C10H8N4O. The highest BCUT2D eigenvalue weighted by Gasteiger charge is 1.98. The highest BCUT2D eigenvalue weighted by atomic mass is 16.5. The number of hydrogen-bond acceptors (Lipinski definition) is 4. The molecule has 0 amide bonds. The smallest absolute Gasteiger partial charge is 0.253 e. The molecule has 74 valence electrons. The zero-order chi connectivity index (χ0) is 10.5. The molecule has 0 aliphatic carbocycles. The average molecular weight is 200 g/mol. The Labute approximate surface area is 86.3 Å². The quantitative estimate of drug-likeness (QED) is 0.809. The maximum absolute atomic E-state index is 8.60. The minimum absolute atomic E-state index is 0.415. The van der Waals surface area contributed by atoms with E-state index in [-0.39, 0.29) is 0 Å². The number of hydrogen-bond donors (Lipinski definition) is 1. The summed E-state index contributed by atoms with van der Waals surface area (Å²) in [4.78, 5) is 0. The molecule has 1 aromatic heterocycles. The molecule has 1 aromatic carbocycles. The van der Waals surface area contributed by atoms with Gasteiger partial charge in [0.05, 0.1) is 11.6 Å². The first-order valence-corrected chi connectivity index (χ1v) is 4.36. The first-order valence-electron chi connectivity index (χ1n) is 4.36. The molecule has 2 aromatic rings. The van der Waals surface area contributed by atoms with Crippen molar-refractivity contribution in [3.8, 4) is 11.9 Å². The number of ether oxygens (including phenoxy) is 1. The molecule has 15 heavy (non-hydrogen) atoms. The Kier molecular flexibility index (Phi) is 2.61. The van der Waals surface area contributed by atoms with Gasteiger partial charge in [-0.15, -0.1) is 5.10 Å². The minimum Gasteiger partial charge on any atom is -0.471 e. The fourth-order valence-corrected chi connectivity index (χ4v) is 1.09. The highest BCUT2D eigenvalue weighted by Crippen LogP contribution is 2.07. The van der Waals surface area contributed by atoms with Gasteiger partial charge in [-0.1, -0.05) is 12.1 Å². The lowest BCUT2D eigenvalue weighted by Crippen LogP contribution is -1.95. The van der Waals surface area contributed by atoms with Crippen LogP contribution in [-0.2, 0) is 6.61 Å². The monoisotopic (exact) mass is 200 g/mol. The van der Waals surface area contributed by atoms with Crippen LogP contribution in [0.15, 0.2) is 30.5 Å². The van der Waals surface area contributed by atoms with Gasteiger partial charge in [-0.3, -0.25) is 0 Å². The van der Waals surface area contributed by atoms with Crippen LogP contribution in [0.25, 0.3) is 0 Å². The first kappa shape index (κ1) is 9.21. The van der Waals surface area contributed by atoms with E-state index in [1.807, 2.05) is 12.1 Å². The topological polar surface area (TPSA) is 74.6 Å². The van der Waals surface area contributed by atoms with E-state index in [9.17, 15) is 0 Å². The Morgan fingerprint density at radius 1 is 1.33 bits per heavy atom. The Balaban J connectivity index is 1.97. The Morgan fingerprint density at radius 2 is 2.13 bits per heavy atom. The second-order valence-corrected chi connectivity index (χ2v) is 2.91. The normalized spacial score (nSPS) is 9.53.